The molecule has 0 aliphatic rings. The summed E-state index contributed by atoms with van der Waals surface area (Å²) in [7, 11) is 1.53. The minimum atomic E-state index is -1.14. The van der Waals surface area contributed by atoms with Crippen LogP contribution in [0, 0.1) is 12.3 Å². The van der Waals surface area contributed by atoms with E-state index in [4.69, 9.17) is 27.5 Å². The van der Waals surface area contributed by atoms with Crippen molar-refractivity contribution in [3.05, 3.63) is 56.4 Å². The van der Waals surface area contributed by atoms with Crippen LogP contribution in [0.2, 0.25) is 5.02 Å². The number of carboxylic acids is 1. The fourth-order valence-electron chi connectivity index (χ4n) is 2.54. The number of carboxylic acid groups (broad SMARTS) is 1. The van der Waals surface area contributed by atoms with Crippen LogP contribution in [0.3, 0.4) is 0 Å². The van der Waals surface area contributed by atoms with Gasteiger partial charge in [-0.3, -0.25) is 5.10 Å². The highest BCUT2D eigenvalue weighted by Crippen LogP contribution is 2.34. The molecule has 0 aliphatic heterocycles. The summed E-state index contributed by atoms with van der Waals surface area (Å²) < 4.78 is 11.6. The van der Waals surface area contributed by atoms with E-state index in [0.717, 1.165) is 16.2 Å². The molecule has 3 rings (SSSR count). The lowest BCUT2D eigenvalue weighted by Gasteiger charge is -2.08. The zero-order valence-corrected chi connectivity index (χ0v) is 19.2. The quantitative estimate of drug-likeness (QED) is 0.241. The van der Waals surface area contributed by atoms with Gasteiger partial charge in [-0.2, -0.15) is 0 Å². The van der Waals surface area contributed by atoms with Crippen LogP contribution in [0.25, 0.3) is 17.5 Å². The van der Waals surface area contributed by atoms with Crippen LogP contribution >= 0.6 is 39.3 Å². The van der Waals surface area contributed by atoms with Crippen LogP contribution in [-0.2, 0) is 4.79 Å². The monoisotopic (exact) mass is 519 g/mol. The SMILES string of the molecule is C#CCOc1ccc(Br)cc1/C=C(\Sc1n[nH]c(-c2cc(Cl)ccc2OC)n1)C(=O)O. The van der Waals surface area contributed by atoms with E-state index in [1.165, 1.54) is 13.2 Å². The smallest absolute Gasteiger partial charge is 0.342 e. The molecular formula is C21H15BrClN3O4S. The zero-order valence-electron chi connectivity index (χ0n) is 16.1. The maximum Gasteiger partial charge on any atom is 0.342 e. The van der Waals surface area contributed by atoms with Gasteiger partial charge in [0.05, 0.1) is 12.7 Å². The van der Waals surface area contributed by atoms with Gasteiger partial charge in [0.25, 0.3) is 0 Å². The van der Waals surface area contributed by atoms with Gasteiger partial charge in [-0.05, 0) is 54.2 Å². The summed E-state index contributed by atoms with van der Waals surface area (Å²) in [6.07, 6.45) is 6.72. The molecule has 0 bridgehead atoms. The van der Waals surface area contributed by atoms with Crippen molar-refractivity contribution in [1.82, 2.24) is 15.2 Å². The van der Waals surface area contributed by atoms with Crippen molar-refractivity contribution in [2.75, 3.05) is 13.7 Å². The number of methoxy groups -OCH3 is 1. The molecule has 1 aromatic heterocycles. The summed E-state index contributed by atoms with van der Waals surface area (Å²) in [6, 6.07) is 10.3. The Balaban J connectivity index is 1.93. The Kier molecular flexibility index (Phi) is 7.63. The second-order valence-electron chi connectivity index (χ2n) is 5.90. The second kappa shape index (κ2) is 10.4. The van der Waals surface area contributed by atoms with Gasteiger partial charge in [-0.15, -0.1) is 11.5 Å². The van der Waals surface area contributed by atoms with Crippen molar-refractivity contribution in [2.45, 2.75) is 5.16 Å². The highest BCUT2D eigenvalue weighted by atomic mass is 79.9. The van der Waals surface area contributed by atoms with Gasteiger partial charge in [-0.1, -0.05) is 33.5 Å². The molecule has 0 saturated carbocycles. The predicted octanol–water partition coefficient (Wildman–Crippen LogP) is 5.13. The first kappa shape index (κ1) is 22.7. The number of hydrogen-bond acceptors (Lipinski definition) is 6. The lowest BCUT2D eigenvalue weighted by molar-refractivity contribution is -0.131. The maximum atomic E-state index is 11.9. The Morgan fingerprint density at radius 1 is 1.35 bits per heavy atom. The zero-order chi connectivity index (χ0) is 22.4. The standard InChI is InChI=1S/C21H15BrClN3O4S/c1-3-8-30-16-6-4-13(22)9-12(16)10-18(20(27)28)31-21-24-19(25-26-21)15-11-14(23)5-7-17(15)29-2/h1,4-7,9-11H,8H2,2H3,(H,27,28)(H,24,25,26)/b18-10-. The molecule has 0 amide bonds. The third-order valence-electron chi connectivity index (χ3n) is 3.86. The van der Waals surface area contributed by atoms with Crippen molar-refractivity contribution in [2.24, 2.45) is 0 Å². The Morgan fingerprint density at radius 2 is 2.13 bits per heavy atom. The largest absolute Gasteiger partial charge is 0.496 e. The third-order valence-corrected chi connectivity index (χ3v) is 5.47. The summed E-state index contributed by atoms with van der Waals surface area (Å²) in [5.74, 6) is 2.65. The average Bonchev–Trinajstić information content (AvgIpc) is 3.21. The molecule has 0 unspecified atom stereocenters. The number of hydrogen-bond donors (Lipinski definition) is 2. The van der Waals surface area contributed by atoms with E-state index in [-0.39, 0.29) is 16.7 Å². The lowest BCUT2D eigenvalue weighted by atomic mass is 10.2. The molecule has 2 N–H and O–H groups in total. The molecule has 0 saturated heterocycles. The van der Waals surface area contributed by atoms with Gasteiger partial charge in [0.1, 0.15) is 23.0 Å². The number of rotatable bonds is 8. The molecule has 0 radical (unpaired) electrons. The lowest BCUT2D eigenvalue weighted by Crippen LogP contribution is -1.99. The second-order valence-corrected chi connectivity index (χ2v) is 8.26. The summed E-state index contributed by atoms with van der Waals surface area (Å²) >= 11 is 10.3. The van der Waals surface area contributed by atoms with Crippen molar-refractivity contribution in [3.63, 3.8) is 0 Å². The molecule has 3 aromatic rings. The van der Waals surface area contributed by atoms with Crippen LogP contribution in [0.4, 0.5) is 0 Å². The topological polar surface area (TPSA) is 97.3 Å². The van der Waals surface area contributed by atoms with Crippen LogP contribution in [0.15, 0.2) is 50.9 Å². The number of nitrogens with one attached hydrogen (secondary N) is 1. The highest BCUT2D eigenvalue weighted by Gasteiger charge is 2.17. The van der Waals surface area contributed by atoms with Gasteiger partial charge in [-0.25, -0.2) is 9.78 Å². The van der Waals surface area contributed by atoms with Gasteiger partial charge in [0, 0.05) is 15.1 Å². The number of thioether (sulfide) groups is 1. The number of benzene rings is 2. The highest BCUT2D eigenvalue weighted by molar-refractivity contribution is 9.10. The van der Waals surface area contributed by atoms with E-state index < -0.39 is 5.97 Å². The molecule has 0 atom stereocenters. The van der Waals surface area contributed by atoms with Crippen LogP contribution in [0.1, 0.15) is 5.56 Å². The minimum absolute atomic E-state index is 0.00716. The normalized spacial score (nSPS) is 11.1. The molecule has 0 fully saturated rings. The molecule has 0 spiro atoms. The molecule has 0 aliphatic carbocycles. The van der Waals surface area contributed by atoms with E-state index in [1.807, 2.05) is 0 Å². The van der Waals surface area contributed by atoms with Gasteiger partial charge < -0.3 is 14.6 Å². The fourth-order valence-corrected chi connectivity index (χ4v) is 3.78. The summed E-state index contributed by atoms with van der Waals surface area (Å²) in [5.41, 5.74) is 1.15. The van der Waals surface area contributed by atoms with E-state index in [2.05, 4.69) is 37.0 Å². The van der Waals surface area contributed by atoms with E-state index in [1.54, 1.807) is 36.4 Å². The van der Waals surface area contributed by atoms with Crippen LogP contribution in [0.5, 0.6) is 11.5 Å². The van der Waals surface area contributed by atoms with Crippen molar-refractivity contribution < 1.29 is 19.4 Å². The van der Waals surface area contributed by atoms with Crippen molar-refractivity contribution in [1.29, 1.82) is 0 Å². The fraction of sp³-hybridized carbons (Fsp3) is 0.0952. The summed E-state index contributed by atoms with van der Waals surface area (Å²) in [6.45, 7) is 0.0593. The number of halogens is 2. The number of aliphatic carboxylic acids is 1. The molecule has 1 heterocycles. The first-order valence-electron chi connectivity index (χ1n) is 8.66. The Bertz CT molecular complexity index is 1190. The van der Waals surface area contributed by atoms with Crippen LogP contribution < -0.4 is 9.47 Å². The molecule has 31 heavy (non-hydrogen) atoms. The number of H-pyrrole nitrogens is 1. The molecule has 10 heteroatoms. The average molecular weight is 521 g/mol. The number of ether oxygens (including phenoxy) is 2. The Labute approximate surface area is 196 Å². The number of aromatic amines is 1. The molecule has 158 valence electrons. The van der Waals surface area contributed by atoms with Gasteiger partial charge in [0.2, 0.25) is 5.16 Å². The Morgan fingerprint density at radius 3 is 2.84 bits per heavy atom. The minimum Gasteiger partial charge on any atom is -0.496 e. The predicted molar refractivity (Wildman–Crippen MR) is 123 cm³/mol. The molecule has 2 aromatic carbocycles. The number of nitrogens with zero attached hydrogens (tertiary/aromatic N) is 2. The summed E-state index contributed by atoms with van der Waals surface area (Å²) in [4.78, 5) is 16.2. The summed E-state index contributed by atoms with van der Waals surface area (Å²) in [5, 5.41) is 17.3. The van der Waals surface area contributed by atoms with E-state index in [0.29, 0.717) is 33.5 Å². The first-order chi connectivity index (χ1) is 14.9. The van der Waals surface area contributed by atoms with Crippen LogP contribution in [-0.4, -0.2) is 40.0 Å². The Hall–Kier alpha value is -2.93. The number of aromatic nitrogens is 3. The van der Waals surface area contributed by atoms with Gasteiger partial charge >= 0.3 is 5.97 Å². The molecular weight excluding hydrogens is 506 g/mol. The van der Waals surface area contributed by atoms with Crippen molar-refractivity contribution in [3.8, 4) is 35.2 Å². The number of terminal acetylenes is 1. The van der Waals surface area contributed by atoms with E-state index >= 15 is 0 Å². The maximum absolute atomic E-state index is 11.9. The molecule has 7 nitrogen and oxygen atoms in total. The first-order valence-corrected chi connectivity index (χ1v) is 10.6. The van der Waals surface area contributed by atoms with Gasteiger partial charge in [0.15, 0.2) is 5.82 Å². The third kappa shape index (κ3) is 5.82. The van der Waals surface area contributed by atoms with Crippen molar-refractivity contribution >= 4 is 51.3 Å². The van der Waals surface area contributed by atoms with E-state index in [9.17, 15) is 9.90 Å². The number of carbonyl (C=O) groups is 1.